The Hall–Kier alpha value is -1.82. The van der Waals surface area contributed by atoms with Gasteiger partial charge in [0, 0.05) is 6.54 Å². The minimum atomic E-state index is -0.196. The van der Waals surface area contributed by atoms with Crippen molar-refractivity contribution in [2.45, 2.75) is 6.42 Å². The fourth-order valence-electron chi connectivity index (χ4n) is 1.49. The summed E-state index contributed by atoms with van der Waals surface area (Å²) in [5.74, 6) is 1.40. The molecule has 100 valence electrons. The van der Waals surface area contributed by atoms with E-state index in [1.165, 1.54) is 6.33 Å². The number of hydrogen-bond donors (Lipinski definition) is 2. The van der Waals surface area contributed by atoms with Gasteiger partial charge in [0.2, 0.25) is 0 Å². The van der Waals surface area contributed by atoms with Crippen LogP contribution in [0.15, 0.2) is 45.9 Å². The third kappa shape index (κ3) is 4.10. The molecule has 0 aliphatic rings. The topological polar surface area (TPSA) is 67.0 Å². The van der Waals surface area contributed by atoms with Crippen molar-refractivity contribution in [2.75, 3.05) is 18.5 Å². The number of hydrogen-bond acceptors (Lipinski definition) is 4. The highest BCUT2D eigenvalue weighted by atomic mass is 79.9. The molecule has 0 bridgehead atoms. The summed E-state index contributed by atoms with van der Waals surface area (Å²) in [4.78, 5) is 17.8. The molecule has 0 aliphatic carbocycles. The lowest BCUT2D eigenvalue weighted by Gasteiger charge is -2.08. The Morgan fingerprint density at radius 1 is 1.32 bits per heavy atom. The molecule has 0 aliphatic heterocycles. The van der Waals surface area contributed by atoms with Gasteiger partial charge in [0.1, 0.15) is 16.0 Å². The summed E-state index contributed by atoms with van der Waals surface area (Å²) in [5.41, 5.74) is -0.196. The van der Waals surface area contributed by atoms with Crippen molar-refractivity contribution >= 4 is 21.7 Å². The molecular formula is C13H14BrN3O2. The Morgan fingerprint density at radius 3 is 2.89 bits per heavy atom. The van der Waals surface area contributed by atoms with E-state index < -0.39 is 0 Å². The van der Waals surface area contributed by atoms with Crippen LogP contribution in [0, 0.1) is 0 Å². The van der Waals surface area contributed by atoms with Crippen LogP contribution in [0.1, 0.15) is 6.42 Å². The molecule has 0 unspecified atom stereocenters. The SMILES string of the molecule is O=c1[nH]cnc(NCCCOc2ccccc2)c1Br. The molecule has 0 saturated heterocycles. The molecule has 0 atom stereocenters. The molecule has 19 heavy (non-hydrogen) atoms. The molecule has 0 radical (unpaired) electrons. The second-order valence-corrected chi connectivity index (χ2v) is 4.63. The van der Waals surface area contributed by atoms with E-state index >= 15 is 0 Å². The predicted molar refractivity (Wildman–Crippen MR) is 77.6 cm³/mol. The van der Waals surface area contributed by atoms with E-state index in [0.717, 1.165) is 12.2 Å². The standard InChI is InChI=1S/C13H14BrN3O2/c14-11-12(16-9-17-13(11)18)15-7-4-8-19-10-5-2-1-3-6-10/h1-3,5-6,9H,4,7-8H2,(H2,15,16,17,18). The number of ether oxygens (including phenoxy) is 1. The maximum Gasteiger partial charge on any atom is 0.267 e. The number of aromatic amines is 1. The van der Waals surface area contributed by atoms with Crippen molar-refractivity contribution in [3.05, 3.63) is 51.5 Å². The molecular weight excluding hydrogens is 310 g/mol. The third-order valence-electron chi connectivity index (χ3n) is 2.42. The highest BCUT2D eigenvalue weighted by molar-refractivity contribution is 9.10. The summed E-state index contributed by atoms with van der Waals surface area (Å²) in [5, 5.41) is 3.08. The van der Waals surface area contributed by atoms with Gasteiger partial charge in [-0.3, -0.25) is 4.79 Å². The summed E-state index contributed by atoms with van der Waals surface area (Å²) in [6.45, 7) is 1.29. The van der Waals surface area contributed by atoms with Gasteiger partial charge < -0.3 is 15.0 Å². The van der Waals surface area contributed by atoms with Gasteiger partial charge in [-0.1, -0.05) is 18.2 Å². The van der Waals surface area contributed by atoms with Crippen molar-refractivity contribution < 1.29 is 4.74 Å². The van der Waals surface area contributed by atoms with Gasteiger partial charge in [0.15, 0.2) is 0 Å². The van der Waals surface area contributed by atoms with E-state index in [9.17, 15) is 4.79 Å². The maximum absolute atomic E-state index is 11.3. The second kappa shape index (κ2) is 6.94. The summed E-state index contributed by atoms with van der Waals surface area (Å²) in [6, 6.07) is 9.66. The highest BCUT2D eigenvalue weighted by Crippen LogP contribution is 2.13. The van der Waals surface area contributed by atoms with Crippen molar-refractivity contribution in [3.8, 4) is 5.75 Å². The Kier molecular flexibility index (Phi) is 4.97. The average Bonchev–Trinajstić information content (AvgIpc) is 2.44. The van der Waals surface area contributed by atoms with Crippen molar-refractivity contribution in [1.82, 2.24) is 9.97 Å². The Labute approximate surface area is 119 Å². The first-order valence-electron chi connectivity index (χ1n) is 5.92. The van der Waals surface area contributed by atoms with Crippen LogP contribution in [0.3, 0.4) is 0 Å². The van der Waals surface area contributed by atoms with E-state index in [4.69, 9.17) is 4.74 Å². The second-order valence-electron chi connectivity index (χ2n) is 3.84. The summed E-state index contributed by atoms with van der Waals surface area (Å²) in [6.07, 6.45) is 2.19. The first-order chi connectivity index (χ1) is 9.27. The van der Waals surface area contributed by atoms with Crippen LogP contribution < -0.4 is 15.6 Å². The number of para-hydroxylation sites is 1. The van der Waals surface area contributed by atoms with E-state index in [0.29, 0.717) is 23.4 Å². The van der Waals surface area contributed by atoms with Crippen molar-refractivity contribution in [1.29, 1.82) is 0 Å². The number of aromatic nitrogens is 2. The van der Waals surface area contributed by atoms with Gasteiger partial charge in [-0.25, -0.2) is 4.98 Å². The van der Waals surface area contributed by atoms with Gasteiger partial charge in [0.05, 0.1) is 12.9 Å². The van der Waals surface area contributed by atoms with E-state index in [1.807, 2.05) is 30.3 Å². The van der Waals surface area contributed by atoms with Crippen LogP contribution in [-0.4, -0.2) is 23.1 Å². The number of benzene rings is 1. The smallest absolute Gasteiger partial charge is 0.267 e. The van der Waals surface area contributed by atoms with Gasteiger partial charge >= 0.3 is 0 Å². The summed E-state index contributed by atoms with van der Waals surface area (Å²) >= 11 is 3.19. The molecule has 1 aromatic carbocycles. The quantitative estimate of drug-likeness (QED) is 0.801. The molecule has 2 aromatic rings. The van der Waals surface area contributed by atoms with Gasteiger partial charge in [0.25, 0.3) is 5.56 Å². The van der Waals surface area contributed by atoms with Crippen LogP contribution in [0.2, 0.25) is 0 Å². The van der Waals surface area contributed by atoms with E-state index in [1.54, 1.807) is 0 Å². The molecule has 2 N–H and O–H groups in total. The van der Waals surface area contributed by atoms with Crippen LogP contribution >= 0.6 is 15.9 Å². The fraction of sp³-hybridized carbons (Fsp3) is 0.231. The largest absolute Gasteiger partial charge is 0.494 e. The molecule has 1 aromatic heterocycles. The van der Waals surface area contributed by atoms with Gasteiger partial charge in [-0.2, -0.15) is 0 Å². The molecule has 0 amide bonds. The zero-order valence-corrected chi connectivity index (χ0v) is 11.8. The number of H-pyrrole nitrogens is 1. The Morgan fingerprint density at radius 2 is 2.11 bits per heavy atom. The fourth-order valence-corrected chi connectivity index (χ4v) is 1.85. The van der Waals surface area contributed by atoms with Gasteiger partial charge in [-0.15, -0.1) is 0 Å². The van der Waals surface area contributed by atoms with E-state index in [-0.39, 0.29) is 5.56 Å². The van der Waals surface area contributed by atoms with Crippen molar-refractivity contribution in [2.24, 2.45) is 0 Å². The molecule has 0 saturated carbocycles. The van der Waals surface area contributed by atoms with Crippen molar-refractivity contribution in [3.63, 3.8) is 0 Å². The molecule has 5 nitrogen and oxygen atoms in total. The Bertz CT molecular complexity index is 572. The molecule has 6 heteroatoms. The first kappa shape index (κ1) is 13.6. The first-order valence-corrected chi connectivity index (χ1v) is 6.71. The number of anilines is 1. The molecule has 2 rings (SSSR count). The van der Waals surface area contributed by atoms with Crippen LogP contribution in [-0.2, 0) is 0 Å². The predicted octanol–water partition coefficient (Wildman–Crippen LogP) is 2.41. The summed E-state index contributed by atoms with van der Waals surface area (Å²) < 4.78 is 5.97. The molecule has 0 fully saturated rings. The minimum absolute atomic E-state index is 0.196. The lowest BCUT2D eigenvalue weighted by atomic mass is 10.3. The lowest BCUT2D eigenvalue weighted by Crippen LogP contribution is -2.14. The monoisotopic (exact) mass is 323 g/mol. The van der Waals surface area contributed by atoms with E-state index in [2.05, 4.69) is 31.2 Å². The zero-order chi connectivity index (χ0) is 13.5. The normalized spacial score (nSPS) is 10.2. The average molecular weight is 324 g/mol. The van der Waals surface area contributed by atoms with Gasteiger partial charge in [-0.05, 0) is 34.5 Å². The maximum atomic E-state index is 11.3. The van der Waals surface area contributed by atoms with Crippen LogP contribution in [0.5, 0.6) is 5.75 Å². The molecule has 1 heterocycles. The number of halogens is 1. The number of nitrogens with one attached hydrogen (secondary N) is 2. The Balaban J connectivity index is 1.72. The van der Waals surface area contributed by atoms with Crippen LogP contribution in [0.25, 0.3) is 0 Å². The highest BCUT2D eigenvalue weighted by Gasteiger charge is 2.03. The molecule has 0 spiro atoms. The lowest BCUT2D eigenvalue weighted by molar-refractivity contribution is 0.315. The zero-order valence-electron chi connectivity index (χ0n) is 10.2. The number of nitrogens with zero attached hydrogens (tertiary/aromatic N) is 1. The van der Waals surface area contributed by atoms with Crippen LogP contribution in [0.4, 0.5) is 5.82 Å². The minimum Gasteiger partial charge on any atom is -0.494 e. The third-order valence-corrected chi connectivity index (χ3v) is 3.16. The number of rotatable bonds is 6. The summed E-state index contributed by atoms with van der Waals surface area (Å²) in [7, 11) is 0.